The lowest BCUT2D eigenvalue weighted by Gasteiger charge is -2.11. The number of aromatic nitrogens is 3. The van der Waals surface area contributed by atoms with Gasteiger partial charge in [0, 0.05) is 18.8 Å². The van der Waals surface area contributed by atoms with Crippen molar-refractivity contribution in [2.24, 2.45) is 0 Å². The highest BCUT2D eigenvalue weighted by atomic mass is 32.2. The minimum atomic E-state index is -3.59. The number of carbonyl (C=O) groups is 1. The summed E-state index contributed by atoms with van der Waals surface area (Å²) in [5, 5.41) is 8.86. The van der Waals surface area contributed by atoms with Crippen LogP contribution in [0.2, 0.25) is 0 Å². The van der Waals surface area contributed by atoms with Crippen molar-refractivity contribution >= 4 is 44.9 Å². The van der Waals surface area contributed by atoms with Gasteiger partial charge in [-0.2, -0.15) is 9.67 Å². The molecule has 0 aliphatic carbocycles. The van der Waals surface area contributed by atoms with E-state index in [-0.39, 0.29) is 22.7 Å². The first-order valence-corrected chi connectivity index (χ1v) is 11.4. The molecule has 0 bridgehead atoms. The van der Waals surface area contributed by atoms with Crippen molar-refractivity contribution in [3.05, 3.63) is 46.2 Å². The molecule has 1 aromatic carbocycles. The largest absolute Gasteiger partial charge is 0.368 e. The zero-order valence-corrected chi connectivity index (χ0v) is 18.4. The first-order chi connectivity index (χ1) is 14.2. The van der Waals surface area contributed by atoms with Crippen molar-refractivity contribution in [2.45, 2.75) is 11.8 Å². The van der Waals surface area contributed by atoms with Crippen molar-refractivity contribution in [2.75, 3.05) is 38.2 Å². The lowest BCUT2D eigenvalue weighted by Crippen LogP contribution is -2.31. The summed E-state index contributed by atoms with van der Waals surface area (Å²) in [7, 11) is 0.142. The van der Waals surface area contributed by atoms with Crippen LogP contribution in [0.15, 0.2) is 40.6 Å². The number of nitrogen functional groups attached to an aromatic ring is 1. The molecule has 2 heterocycles. The second-order valence-electron chi connectivity index (χ2n) is 6.79. The van der Waals surface area contributed by atoms with Crippen LogP contribution in [-0.2, 0) is 10.0 Å². The molecule has 2 aromatic heterocycles. The SMILES string of the molecule is Cc1ccsc1C(=O)n1nc(Nc2ccc(S(=O)(=O)NCCN(C)C)cc2)nc1N. The molecular formula is C18H23N7O3S2. The van der Waals surface area contributed by atoms with Crippen molar-refractivity contribution in [1.82, 2.24) is 24.4 Å². The Bertz CT molecular complexity index is 1130. The van der Waals surface area contributed by atoms with Gasteiger partial charge < -0.3 is 16.0 Å². The van der Waals surface area contributed by atoms with E-state index in [1.54, 1.807) is 12.1 Å². The number of carbonyl (C=O) groups excluding carboxylic acids is 1. The fourth-order valence-corrected chi connectivity index (χ4v) is 4.42. The maximum Gasteiger partial charge on any atom is 0.291 e. The van der Waals surface area contributed by atoms with Gasteiger partial charge in [0.1, 0.15) is 0 Å². The van der Waals surface area contributed by atoms with Crippen molar-refractivity contribution in [3.8, 4) is 0 Å². The van der Waals surface area contributed by atoms with Crippen LogP contribution in [0.4, 0.5) is 17.6 Å². The standard InChI is InChI=1S/C18H23N7O3S2/c1-12-8-11-29-15(12)16(26)25-17(19)22-18(23-25)21-13-4-6-14(7-5-13)30(27,28)20-9-10-24(2)3/h4-8,11,20H,9-10H2,1-3H3,(H3,19,21,22,23). The van der Waals surface area contributed by atoms with Crippen molar-refractivity contribution in [1.29, 1.82) is 0 Å². The predicted octanol–water partition coefficient (Wildman–Crippen LogP) is 1.50. The van der Waals surface area contributed by atoms with Gasteiger partial charge in [-0.05, 0) is 62.3 Å². The molecule has 30 heavy (non-hydrogen) atoms. The van der Waals surface area contributed by atoms with Crippen LogP contribution in [0.1, 0.15) is 15.2 Å². The summed E-state index contributed by atoms with van der Waals surface area (Å²) in [5.41, 5.74) is 7.24. The van der Waals surface area contributed by atoms with E-state index in [2.05, 4.69) is 20.1 Å². The third kappa shape index (κ3) is 5.02. The van der Waals surface area contributed by atoms with E-state index >= 15 is 0 Å². The van der Waals surface area contributed by atoms with Crippen LogP contribution in [0.25, 0.3) is 0 Å². The second-order valence-corrected chi connectivity index (χ2v) is 9.48. The molecule has 3 rings (SSSR count). The molecular weight excluding hydrogens is 426 g/mol. The Hall–Kier alpha value is -2.80. The van der Waals surface area contributed by atoms with E-state index in [1.807, 2.05) is 37.4 Å². The van der Waals surface area contributed by atoms with Gasteiger partial charge in [0.2, 0.25) is 21.9 Å². The molecule has 0 aliphatic rings. The smallest absolute Gasteiger partial charge is 0.291 e. The molecule has 10 nitrogen and oxygen atoms in total. The molecule has 160 valence electrons. The van der Waals surface area contributed by atoms with Gasteiger partial charge in [0.25, 0.3) is 5.91 Å². The van der Waals surface area contributed by atoms with Crippen LogP contribution in [0.5, 0.6) is 0 Å². The molecule has 0 unspecified atom stereocenters. The first-order valence-electron chi connectivity index (χ1n) is 9.00. The quantitative estimate of drug-likeness (QED) is 0.471. The summed E-state index contributed by atoms with van der Waals surface area (Å²) < 4.78 is 28.2. The van der Waals surface area contributed by atoms with Crippen molar-refractivity contribution < 1.29 is 13.2 Å². The van der Waals surface area contributed by atoms with Gasteiger partial charge in [-0.25, -0.2) is 13.1 Å². The maximum atomic E-state index is 12.6. The van der Waals surface area contributed by atoms with Gasteiger partial charge in [-0.3, -0.25) is 4.79 Å². The first kappa shape index (κ1) is 21.9. The highest BCUT2D eigenvalue weighted by Gasteiger charge is 2.19. The van der Waals surface area contributed by atoms with E-state index in [1.165, 1.54) is 23.5 Å². The lowest BCUT2D eigenvalue weighted by atomic mass is 10.3. The number of likely N-dealkylation sites (N-methyl/N-ethyl adjacent to an activating group) is 1. The van der Waals surface area contributed by atoms with Crippen LogP contribution < -0.4 is 15.8 Å². The van der Waals surface area contributed by atoms with Gasteiger partial charge in [0.15, 0.2) is 0 Å². The molecule has 3 aromatic rings. The summed E-state index contributed by atoms with van der Waals surface area (Å²) in [5.74, 6) is -0.264. The van der Waals surface area contributed by atoms with Gasteiger partial charge in [0.05, 0.1) is 9.77 Å². The number of anilines is 3. The Labute approximate surface area is 178 Å². The Morgan fingerprint density at radius 3 is 2.53 bits per heavy atom. The molecule has 0 saturated carbocycles. The number of nitrogens with two attached hydrogens (primary N) is 1. The molecule has 12 heteroatoms. The van der Waals surface area contributed by atoms with E-state index < -0.39 is 10.0 Å². The number of aryl methyl sites for hydroxylation is 1. The van der Waals surface area contributed by atoms with Crippen LogP contribution in [0.3, 0.4) is 0 Å². The zero-order valence-electron chi connectivity index (χ0n) is 16.8. The van der Waals surface area contributed by atoms with E-state index in [0.717, 1.165) is 10.2 Å². The Morgan fingerprint density at radius 1 is 1.23 bits per heavy atom. The molecule has 0 aliphatic heterocycles. The summed E-state index contributed by atoms with van der Waals surface area (Å²) in [6.07, 6.45) is 0. The van der Waals surface area contributed by atoms with E-state index in [9.17, 15) is 13.2 Å². The zero-order chi connectivity index (χ0) is 21.9. The number of hydrogen-bond acceptors (Lipinski definition) is 9. The third-order valence-electron chi connectivity index (χ3n) is 4.15. The van der Waals surface area contributed by atoms with E-state index in [0.29, 0.717) is 23.7 Å². The number of sulfonamides is 1. The van der Waals surface area contributed by atoms with Crippen molar-refractivity contribution in [3.63, 3.8) is 0 Å². The Balaban J connectivity index is 1.70. The normalized spacial score (nSPS) is 11.7. The molecule has 0 fully saturated rings. The molecule has 0 amide bonds. The predicted molar refractivity (Wildman–Crippen MR) is 117 cm³/mol. The molecule has 4 N–H and O–H groups in total. The van der Waals surface area contributed by atoms with E-state index in [4.69, 9.17) is 5.73 Å². The van der Waals surface area contributed by atoms with Crippen LogP contribution in [0, 0.1) is 6.92 Å². The summed E-state index contributed by atoms with van der Waals surface area (Å²) in [6, 6.07) is 7.96. The number of benzene rings is 1. The number of nitrogens with one attached hydrogen (secondary N) is 2. The lowest BCUT2D eigenvalue weighted by molar-refractivity contribution is 0.0951. The second kappa shape index (κ2) is 8.92. The van der Waals surface area contributed by atoms with Gasteiger partial charge >= 0.3 is 0 Å². The van der Waals surface area contributed by atoms with Crippen LogP contribution >= 0.6 is 11.3 Å². The fourth-order valence-electron chi connectivity index (χ4n) is 2.55. The molecule has 0 radical (unpaired) electrons. The highest BCUT2D eigenvalue weighted by Crippen LogP contribution is 2.21. The highest BCUT2D eigenvalue weighted by molar-refractivity contribution is 7.89. The average Bonchev–Trinajstić information content (AvgIpc) is 3.26. The minimum Gasteiger partial charge on any atom is -0.368 e. The fraction of sp³-hybridized carbons (Fsp3) is 0.278. The number of hydrogen-bond donors (Lipinski definition) is 3. The van der Waals surface area contributed by atoms with Crippen LogP contribution in [-0.4, -0.2) is 61.2 Å². The Morgan fingerprint density at radius 2 is 1.93 bits per heavy atom. The summed E-state index contributed by atoms with van der Waals surface area (Å²) in [4.78, 5) is 19.2. The number of thiophene rings is 1. The molecule has 0 atom stereocenters. The molecule has 0 spiro atoms. The minimum absolute atomic E-state index is 0.0420. The monoisotopic (exact) mass is 449 g/mol. The third-order valence-corrected chi connectivity index (χ3v) is 6.63. The van der Waals surface area contributed by atoms with Gasteiger partial charge in [-0.1, -0.05) is 0 Å². The summed E-state index contributed by atoms with van der Waals surface area (Å²) >= 11 is 1.31. The molecule has 0 saturated heterocycles. The van der Waals surface area contributed by atoms with Gasteiger partial charge in [-0.15, -0.1) is 16.4 Å². The average molecular weight is 450 g/mol. The topological polar surface area (TPSA) is 135 Å². The summed E-state index contributed by atoms with van der Waals surface area (Å²) in [6.45, 7) is 2.74. The maximum absolute atomic E-state index is 12.6. The number of rotatable bonds is 8. The number of nitrogens with zero attached hydrogens (tertiary/aromatic N) is 4. The Kier molecular flexibility index (Phi) is 6.51.